The van der Waals surface area contributed by atoms with Crippen LogP contribution in [0.5, 0.6) is 0 Å². The third-order valence-electron chi connectivity index (χ3n) is 3.43. The van der Waals surface area contributed by atoms with Crippen LogP contribution in [0.1, 0.15) is 27.7 Å². The largest absolute Gasteiger partial charge is 0.481 e. The highest BCUT2D eigenvalue weighted by Crippen LogP contribution is 2.09. The zero-order valence-electron chi connectivity index (χ0n) is 13.5. The van der Waals surface area contributed by atoms with Gasteiger partial charge in [0.2, 0.25) is 5.91 Å². The number of carboxylic acid groups (broad SMARTS) is 1. The normalized spacial score (nSPS) is 11.9. The van der Waals surface area contributed by atoms with E-state index in [0.29, 0.717) is 13.1 Å². The molecule has 0 fully saturated rings. The van der Waals surface area contributed by atoms with Gasteiger partial charge >= 0.3 is 12.0 Å². The molecule has 0 aromatic carbocycles. The van der Waals surface area contributed by atoms with Crippen LogP contribution in [0.25, 0.3) is 0 Å². The third kappa shape index (κ3) is 6.46. The van der Waals surface area contributed by atoms with Crippen molar-refractivity contribution in [2.24, 2.45) is 11.8 Å². The van der Waals surface area contributed by atoms with Crippen molar-refractivity contribution in [1.82, 2.24) is 15.1 Å². The highest BCUT2D eigenvalue weighted by Gasteiger charge is 2.23. The molecule has 21 heavy (non-hydrogen) atoms. The van der Waals surface area contributed by atoms with E-state index in [1.54, 1.807) is 18.7 Å². The number of aliphatic carboxylic acids is 1. The second kappa shape index (κ2) is 9.20. The Morgan fingerprint density at radius 1 is 1.14 bits per heavy atom. The number of nitrogens with one attached hydrogen (secondary N) is 1. The van der Waals surface area contributed by atoms with Crippen LogP contribution in [0.4, 0.5) is 4.79 Å². The smallest absolute Gasteiger partial charge is 0.317 e. The molecule has 0 aliphatic heterocycles. The number of nitrogens with zero attached hydrogens (tertiary/aromatic N) is 2. The van der Waals surface area contributed by atoms with E-state index in [9.17, 15) is 14.4 Å². The molecule has 0 aliphatic carbocycles. The highest BCUT2D eigenvalue weighted by molar-refractivity contribution is 5.84. The lowest BCUT2D eigenvalue weighted by Crippen LogP contribution is -2.46. The molecule has 7 heteroatoms. The van der Waals surface area contributed by atoms with Gasteiger partial charge in [0, 0.05) is 26.7 Å². The van der Waals surface area contributed by atoms with E-state index in [0.717, 1.165) is 0 Å². The summed E-state index contributed by atoms with van der Waals surface area (Å²) < 4.78 is 0. The summed E-state index contributed by atoms with van der Waals surface area (Å²) in [4.78, 5) is 37.7. The molecule has 7 nitrogen and oxygen atoms in total. The quantitative estimate of drug-likeness (QED) is 0.695. The zero-order valence-corrected chi connectivity index (χ0v) is 13.5. The van der Waals surface area contributed by atoms with Gasteiger partial charge in [-0.25, -0.2) is 4.79 Å². The maximum absolute atomic E-state index is 11.9. The van der Waals surface area contributed by atoms with Crippen LogP contribution in [-0.4, -0.2) is 66.0 Å². The maximum Gasteiger partial charge on any atom is 0.317 e. The Hall–Kier alpha value is -1.79. The van der Waals surface area contributed by atoms with Crippen molar-refractivity contribution in [2.45, 2.75) is 27.7 Å². The molecule has 0 saturated heterocycles. The van der Waals surface area contributed by atoms with Crippen molar-refractivity contribution in [3.05, 3.63) is 0 Å². The molecule has 0 heterocycles. The Bertz CT molecular complexity index is 367. The molecule has 0 aromatic rings. The Kier molecular flexibility index (Phi) is 8.42. The maximum atomic E-state index is 11.9. The average molecular weight is 301 g/mol. The number of amides is 3. The molecule has 0 aliphatic rings. The van der Waals surface area contributed by atoms with Crippen LogP contribution in [0.2, 0.25) is 0 Å². The molecule has 1 atom stereocenters. The molecule has 1 unspecified atom stereocenters. The Morgan fingerprint density at radius 2 is 1.67 bits per heavy atom. The first-order valence-electron chi connectivity index (χ1n) is 7.24. The fourth-order valence-electron chi connectivity index (χ4n) is 1.89. The van der Waals surface area contributed by atoms with Gasteiger partial charge in [0.05, 0.1) is 5.92 Å². The van der Waals surface area contributed by atoms with Gasteiger partial charge in [-0.15, -0.1) is 0 Å². The summed E-state index contributed by atoms with van der Waals surface area (Å²) >= 11 is 0. The number of hydrogen-bond acceptors (Lipinski definition) is 3. The second-order valence-corrected chi connectivity index (χ2v) is 5.30. The minimum atomic E-state index is -0.938. The van der Waals surface area contributed by atoms with Gasteiger partial charge in [-0.3, -0.25) is 9.59 Å². The number of hydrogen-bond donors (Lipinski definition) is 2. The van der Waals surface area contributed by atoms with Crippen LogP contribution in [0.15, 0.2) is 0 Å². The van der Waals surface area contributed by atoms with E-state index in [4.69, 9.17) is 5.11 Å². The lowest BCUT2D eigenvalue weighted by atomic mass is 9.96. The van der Waals surface area contributed by atoms with Crippen LogP contribution < -0.4 is 5.32 Å². The first kappa shape index (κ1) is 19.2. The van der Waals surface area contributed by atoms with Gasteiger partial charge in [0.15, 0.2) is 0 Å². The van der Waals surface area contributed by atoms with Gasteiger partial charge in [-0.05, 0) is 19.8 Å². The number of carbonyl (C=O) groups is 3. The van der Waals surface area contributed by atoms with Crippen LogP contribution in [0.3, 0.4) is 0 Å². The molecule has 0 aromatic heterocycles. The van der Waals surface area contributed by atoms with Crippen molar-refractivity contribution in [1.29, 1.82) is 0 Å². The summed E-state index contributed by atoms with van der Waals surface area (Å²) in [5.74, 6) is -1.78. The molecule has 0 spiro atoms. The van der Waals surface area contributed by atoms with Gasteiger partial charge in [-0.2, -0.15) is 0 Å². The van der Waals surface area contributed by atoms with E-state index in [1.807, 2.05) is 13.8 Å². The third-order valence-corrected chi connectivity index (χ3v) is 3.43. The number of carboxylic acids is 1. The molecular weight excluding hydrogens is 274 g/mol. The summed E-state index contributed by atoms with van der Waals surface area (Å²) in [5, 5.41) is 11.6. The molecule has 3 amide bonds. The number of rotatable bonds is 8. The van der Waals surface area contributed by atoms with E-state index in [-0.39, 0.29) is 24.9 Å². The second-order valence-electron chi connectivity index (χ2n) is 5.30. The van der Waals surface area contributed by atoms with E-state index < -0.39 is 17.9 Å². The molecule has 0 saturated carbocycles. The average Bonchev–Trinajstić information content (AvgIpc) is 2.38. The lowest BCUT2D eigenvalue weighted by Gasteiger charge is -2.24. The van der Waals surface area contributed by atoms with Crippen molar-refractivity contribution in [2.75, 3.05) is 33.2 Å². The van der Waals surface area contributed by atoms with Crippen molar-refractivity contribution in [3.8, 4) is 0 Å². The minimum absolute atomic E-state index is 0.0209. The number of likely N-dealkylation sites (N-methyl/N-ethyl adjacent to an activating group) is 2. The number of carbonyl (C=O) groups excluding carboxylic acids is 2. The predicted octanol–water partition coefficient (Wildman–Crippen LogP) is 0.853. The SMILES string of the molecule is CCN(CC)C(=O)CN(C)C(=O)NCC(C(=O)O)C(C)C. The van der Waals surface area contributed by atoms with Crippen LogP contribution in [0, 0.1) is 11.8 Å². The van der Waals surface area contributed by atoms with Gasteiger partial charge in [0.25, 0.3) is 0 Å². The van der Waals surface area contributed by atoms with Crippen LogP contribution in [-0.2, 0) is 9.59 Å². The molecular formula is C14H27N3O4. The van der Waals surface area contributed by atoms with E-state index >= 15 is 0 Å². The summed E-state index contributed by atoms with van der Waals surface area (Å²) in [5.41, 5.74) is 0. The van der Waals surface area contributed by atoms with Crippen molar-refractivity contribution in [3.63, 3.8) is 0 Å². The summed E-state index contributed by atoms with van der Waals surface area (Å²) in [6.07, 6.45) is 0. The van der Waals surface area contributed by atoms with Crippen LogP contribution >= 0.6 is 0 Å². The van der Waals surface area contributed by atoms with E-state index in [1.165, 1.54) is 11.9 Å². The molecule has 122 valence electrons. The Balaban J connectivity index is 4.39. The summed E-state index contributed by atoms with van der Waals surface area (Å²) in [6.45, 7) is 8.56. The highest BCUT2D eigenvalue weighted by atomic mass is 16.4. The standard InChI is InChI=1S/C14H27N3O4/c1-6-17(7-2)12(18)9-16(5)14(21)15-8-11(10(3)4)13(19)20/h10-11H,6-9H2,1-5H3,(H,15,21)(H,19,20). The summed E-state index contributed by atoms with van der Waals surface area (Å²) in [7, 11) is 1.52. The Morgan fingerprint density at radius 3 is 2.05 bits per heavy atom. The predicted molar refractivity (Wildman–Crippen MR) is 79.9 cm³/mol. The Labute approximate surface area is 126 Å². The molecule has 0 rings (SSSR count). The van der Waals surface area contributed by atoms with Gasteiger partial charge in [-0.1, -0.05) is 13.8 Å². The van der Waals surface area contributed by atoms with E-state index in [2.05, 4.69) is 5.32 Å². The first-order valence-corrected chi connectivity index (χ1v) is 7.24. The monoisotopic (exact) mass is 301 g/mol. The fourth-order valence-corrected chi connectivity index (χ4v) is 1.89. The topological polar surface area (TPSA) is 90.0 Å². The molecule has 0 bridgehead atoms. The zero-order chi connectivity index (χ0) is 16.6. The summed E-state index contributed by atoms with van der Waals surface area (Å²) in [6, 6.07) is -0.442. The minimum Gasteiger partial charge on any atom is -0.481 e. The first-order chi connectivity index (χ1) is 9.74. The van der Waals surface area contributed by atoms with Crippen molar-refractivity contribution < 1.29 is 19.5 Å². The molecule has 0 radical (unpaired) electrons. The van der Waals surface area contributed by atoms with Gasteiger partial charge in [0.1, 0.15) is 6.54 Å². The van der Waals surface area contributed by atoms with Crippen molar-refractivity contribution >= 4 is 17.9 Å². The molecule has 2 N–H and O–H groups in total. The van der Waals surface area contributed by atoms with Gasteiger partial charge < -0.3 is 20.2 Å². The number of urea groups is 1. The lowest BCUT2D eigenvalue weighted by molar-refractivity contribution is -0.143. The fraction of sp³-hybridized carbons (Fsp3) is 0.786.